The van der Waals surface area contributed by atoms with Crippen molar-refractivity contribution in [3.63, 3.8) is 0 Å². The van der Waals surface area contributed by atoms with Crippen LogP contribution in [-0.4, -0.2) is 44.2 Å². The third-order valence-corrected chi connectivity index (χ3v) is 3.58. The van der Waals surface area contributed by atoms with Crippen LogP contribution in [0.15, 0.2) is 18.3 Å². The van der Waals surface area contributed by atoms with Crippen molar-refractivity contribution in [3.05, 3.63) is 23.9 Å². The second kappa shape index (κ2) is 7.24. The van der Waals surface area contributed by atoms with Crippen LogP contribution in [0.4, 0.5) is 5.82 Å². The van der Waals surface area contributed by atoms with Crippen LogP contribution in [0.25, 0.3) is 0 Å². The van der Waals surface area contributed by atoms with Crippen molar-refractivity contribution in [1.82, 2.24) is 10.3 Å². The molecule has 0 saturated carbocycles. The molecule has 5 nitrogen and oxygen atoms in total. The quantitative estimate of drug-likeness (QED) is 0.830. The summed E-state index contributed by atoms with van der Waals surface area (Å²) in [4.78, 5) is 18.1. The largest absolute Gasteiger partial charge is 0.462 e. The lowest BCUT2D eigenvalue weighted by atomic mass is 9.99. The minimum Gasteiger partial charge on any atom is -0.462 e. The van der Waals surface area contributed by atoms with Gasteiger partial charge in [-0.25, -0.2) is 9.78 Å². The zero-order valence-corrected chi connectivity index (χ0v) is 12.3. The number of piperidine rings is 1. The van der Waals surface area contributed by atoms with Crippen molar-refractivity contribution in [1.29, 1.82) is 0 Å². The van der Waals surface area contributed by atoms with Gasteiger partial charge >= 0.3 is 5.97 Å². The summed E-state index contributed by atoms with van der Waals surface area (Å²) in [5, 5.41) is 3.42. The molecule has 0 radical (unpaired) electrons. The van der Waals surface area contributed by atoms with E-state index in [0.717, 1.165) is 25.5 Å². The van der Waals surface area contributed by atoms with E-state index >= 15 is 0 Å². The first kappa shape index (κ1) is 14.8. The fourth-order valence-electron chi connectivity index (χ4n) is 2.51. The number of aromatic nitrogens is 1. The number of anilines is 1. The lowest BCUT2D eigenvalue weighted by molar-refractivity contribution is 0.0526. The molecule has 0 amide bonds. The zero-order valence-electron chi connectivity index (χ0n) is 12.3. The van der Waals surface area contributed by atoms with Gasteiger partial charge in [0.05, 0.1) is 12.2 Å². The first-order chi connectivity index (χ1) is 9.70. The molecule has 0 bridgehead atoms. The molecule has 1 N–H and O–H groups in total. The molecule has 5 heteroatoms. The Balaban J connectivity index is 1.92. The van der Waals surface area contributed by atoms with E-state index in [2.05, 4.69) is 15.2 Å². The summed E-state index contributed by atoms with van der Waals surface area (Å²) in [6, 6.07) is 3.65. The SMILES string of the molecule is CCOC(=O)c1ccc(N(C)CC2CCCNC2)nc1. The number of carbonyl (C=O) groups is 1. The first-order valence-electron chi connectivity index (χ1n) is 7.25. The van der Waals surface area contributed by atoms with E-state index in [0.29, 0.717) is 18.1 Å². The lowest BCUT2D eigenvalue weighted by Crippen LogP contribution is -2.37. The molecule has 1 aliphatic rings. The van der Waals surface area contributed by atoms with E-state index in [1.165, 1.54) is 12.8 Å². The summed E-state index contributed by atoms with van der Waals surface area (Å²) in [5.41, 5.74) is 0.503. The van der Waals surface area contributed by atoms with E-state index < -0.39 is 0 Å². The molecule has 2 rings (SSSR count). The van der Waals surface area contributed by atoms with E-state index in [9.17, 15) is 4.79 Å². The van der Waals surface area contributed by atoms with E-state index in [1.807, 2.05) is 13.1 Å². The Kier molecular flexibility index (Phi) is 5.35. The number of esters is 1. The number of hydrogen-bond donors (Lipinski definition) is 1. The minimum absolute atomic E-state index is 0.314. The Morgan fingerprint density at radius 3 is 3.00 bits per heavy atom. The van der Waals surface area contributed by atoms with Gasteiger partial charge in [0.1, 0.15) is 5.82 Å². The van der Waals surface area contributed by atoms with Crippen LogP contribution in [0.5, 0.6) is 0 Å². The Hall–Kier alpha value is -1.62. The Bertz CT molecular complexity index is 427. The maximum Gasteiger partial charge on any atom is 0.339 e. The summed E-state index contributed by atoms with van der Waals surface area (Å²) in [6.45, 7) is 5.37. The van der Waals surface area contributed by atoms with Gasteiger partial charge in [0.25, 0.3) is 0 Å². The monoisotopic (exact) mass is 277 g/mol. The average Bonchev–Trinajstić information content (AvgIpc) is 2.48. The van der Waals surface area contributed by atoms with Crippen LogP contribution in [0.3, 0.4) is 0 Å². The molecule has 2 heterocycles. The van der Waals surface area contributed by atoms with Crippen LogP contribution in [0.2, 0.25) is 0 Å². The third kappa shape index (κ3) is 3.93. The van der Waals surface area contributed by atoms with Gasteiger partial charge in [-0.2, -0.15) is 0 Å². The molecule has 110 valence electrons. The van der Waals surface area contributed by atoms with Crippen LogP contribution in [0, 0.1) is 5.92 Å². The van der Waals surface area contributed by atoms with Crippen LogP contribution >= 0.6 is 0 Å². The standard InChI is InChI=1S/C15H23N3O2/c1-3-20-15(19)13-6-7-14(17-10-13)18(2)11-12-5-4-8-16-9-12/h6-7,10,12,16H,3-5,8-9,11H2,1-2H3. The second-order valence-electron chi connectivity index (χ2n) is 5.22. The molecule has 20 heavy (non-hydrogen) atoms. The Morgan fingerprint density at radius 1 is 1.55 bits per heavy atom. The van der Waals surface area contributed by atoms with E-state index in [-0.39, 0.29) is 5.97 Å². The highest BCUT2D eigenvalue weighted by Gasteiger charge is 2.16. The molecule has 1 fully saturated rings. The predicted octanol–water partition coefficient (Wildman–Crippen LogP) is 1.69. The maximum atomic E-state index is 11.6. The summed E-state index contributed by atoms with van der Waals surface area (Å²) in [7, 11) is 2.04. The highest BCUT2D eigenvalue weighted by atomic mass is 16.5. The number of rotatable bonds is 5. The molecule has 0 spiro atoms. The van der Waals surface area contributed by atoms with E-state index in [4.69, 9.17) is 4.74 Å². The van der Waals surface area contributed by atoms with Crippen LogP contribution < -0.4 is 10.2 Å². The fraction of sp³-hybridized carbons (Fsp3) is 0.600. The minimum atomic E-state index is -0.314. The molecule has 1 saturated heterocycles. The van der Waals surface area contributed by atoms with Crippen molar-refractivity contribution in [3.8, 4) is 0 Å². The Morgan fingerprint density at radius 2 is 2.40 bits per heavy atom. The molecule has 1 aliphatic heterocycles. The van der Waals surface area contributed by atoms with Crippen molar-refractivity contribution in [2.45, 2.75) is 19.8 Å². The van der Waals surface area contributed by atoms with Gasteiger partial charge in [-0.05, 0) is 50.9 Å². The second-order valence-corrected chi connectivity index (χ2v) is 5.22. The summed E-state index contributed by atoms with van der Waals surface area (Å²) >= 11 is 0. The van der Waals surface area contributed by atoms with Crippen molar-refractivity contribution in [2.24, 2.45) is 5.92 Å². The number of ether oxygens (including phenoxy) is 1. The number of carbonyl (C=O) groups excluding carboxylic acids is 1. The summed E-state index contributed by atoms with van der Waals surface area (Å²) in [5.74, 6) is 1.24. The normalized spacial score (nSPS) is 18.6. The molecule has 0 aromatic carbocycles. The number of nitrogens with one attached hydrogen (secondary N) is 1. The van der Waals surface area contributed by atoms with Gasteiger partial charge in [-0.15, -0.1) is 0 Å². The molecule has 1 atom stereocenters. The average molecular weight is 277 g/mol. The number of pyridine rings is 1. The first-order valence-corrected chi connectivity index (χ1v) is 7.25. The lowest BCUT2D eigenvalue weighted by Gasteiger charge is -2.28. The van der Waals surface area contributed by atoms with Gasteiger partial charge in [-0.3, -0.25) is 0 Å². The van der Waals surface area contributed by atoms with Gasteiger partial charge in [-0.1, -0.05) is 0 Å². The Labute approximate surface area is 120 Å². The van der Waals surface area contributed by atoms with Crippen LogP contribution in [-0.2, 0) is 4.74 Å². The maximum absolute atomic E-state index is 11.6. The zero-order chi connectivity index (χ0) is 14.4. The highest BCUT2D eigenvalue weighted by Crippen LogP contribution is 2.16. The molecule has 0 aliphatic carbocycles. The van der Waals surface area contributed by atoms with Gasteiger partial charge in [0, 0.05) is 19.8 Å². The van der Waals surface area contributed by atoms with Gasteiger partial charge < -0.3 is 15.0 Å². The van der Waals surface area contributed by atoms with Gasteiger partial charge in [0.2, 0.25) is 0 Å². The number of hydrogen-bond acceptors (Lipinski definition) is 5. The summed E-state index contributed by atoms with van der Waals surface area (Å²) < 4.78 is 4.95. The fourth-order valence-corrected chi connectivity index (χ4v) is 2.51. The summed E-state index contributed by atoms with van der Waals surface area (Å²) in [6.07, 6.45) is 4.09. The molecule has 1 aromatic heterocycles. The van der Waals surface area contributed by atoms with Gasteiger partial charge in [0.15, 0.2) is 0 Å². The molecule has 1 aromatic rings. The van der Waals surface area contributed by atoms with Crippen LogP contribution in [0.1, 0.15) is 30.1 Å². The van der Waals surface area contributed by atoms with Crippen molar-refractivity contribution < 1.29 is 9.53 Å². The topological polar surface area (TPSA) is 54.5 Å². The highest BCUT2D eigenvalue weighted by molar-refractivity contribution is 5.89. The van der Waals surface area contributed by atoms with E-state index in [1.54, 1.807) is 19.2 Å². The third-order valence-electron chi connectivity index (χ3n) is 3.58. The molecule has 1 unspecified atom stereocenters. The smallest absolute Gasteiger partial charge is 0.339 e. The molecular weight excluding hydrogens is 254 g/mol. The van der Waals surface area contributed by atoms with Crippen molar-refractivity contribution >= 4 is 11.8 Å². The van der Waals surface area contributed by atoms with Crippen molar-refractivity contribution in [2.75, 3.05) is 38.2 Å². The predicted molar refractivity (Wildman–Crippen MR) is 79.1 cm³/mol. The number of nitrogens with zero attached hydrogens (tertiary/aromatic N) is 2. The molecular formula is C15H23N3O2.